The number of nitriles is 1. The molecule has 0 saturated carbocycles. The molecule has 0 saturated heterocycles. The Balaban J connectivity index is 1.84. The van der Waals surface area contributed by atoms with E-state index in [2.05, 4.69) is 11.4 Å². The molecule has 0 fully saturated rings. The van der Waals surface area contributed by atoms with Crippen molar-refractivity contribution in [3.63, 3.8) is 0 Å². The lowest BCUT2D eigenvalue weighted by Crippen LogP contribution is -2.40. The third kappa shape index (κ3) is 6.75. The first-order chi connectivity index (χ1) is 15.6. The van der Waals surface area contributed by atoms with Gasteiger partial charge in [-0.25, -0.2) is 4.39 Å². The Bertz CT molecular complexity index is 1170. The molecule has 0 aliphatic heterocycles. The summed E-state index contributed by atoms with van der Waals surface area (Å²) in [6.45, 7) is 6.19. The van der Waals surface area contributed by atoms with Crippen LogP contribution in [0.25, 0.3) is 0 Å². The number of nitrogens with zero attached hydrogens (tertiary/aromatic N) is 2. The van der Waals surface area contributed by atoms with Gasteiger partial charge in [0, 0.05) is 29.8 Å². The van der Waals surface area contributed by atoms with Gasteiger partial charge in [-0.15, -0.1) is 0 Å². The predicted octanol–water partition coefficient (Wildman–Crippen LogP) is 5.07. The average Bonchev–Trinajstić information content (AvgIpc) is 2.77. The molecule has 0 aliphatic rings. The summed E-state index contributed by atoms with van der Waals surface area (Å²) in [4.78, 5) is 27.3. The fourth-order valence-corrected chi connectivity index (χ4v) is 3.32. The molecule has 2 amide bonds. The Morgan fingerprint density at radius 3 is 2.09 bits per heavy atom. The van der Waals surface area contributed by atoms with Gasteiger partial charge in [0.05, 0.1) is 11.6 Å². The van der Waals surface area contributed by atoms with Crippen molar-refractivity contribution in [3.05, 3.63) is 106 Å². The molecule has 0 bridgehead atoms. The van der Waals surface area contributed by atoms with Crippen molar-refractivity contribution in [3.8, 4) is 6.07 Å². The first-order valence-electron chi connectivity index (χ1n) is 10.6. The second-order valence-electron chi connectivity index (χ2n) is 8.88. The second kappa shape index (κ2) is 10.1. The molecule has 0 aromatic heterocycles. The fourth-order valence-electron chi connectivity index (χ4n) is 3.32. The first-order valence-corrected chi connectivity index (χ1v) is 10.6. The molecule has 0 heterocycles. The maximum absolute atomic E-state index is 13.7. The van der Waals surface area contributed by atoms with Crippen molar-refractivity contribution in [1.82, 2.24) is 10.2 Å². The molecular weight excluding hydrogens is 417 g/mol. The van der Waals surface area contributed by atoms with Crippen LogP contribution in [-0.4, -0.2) is 22.3 Å². The molecule has 3 rings (SSSR count). The molecule has 3 aromatic rings. The number of nitrogens with one attached hydrogen (secondary N) is 1. The monoisotopic (exact) mass is 443 g/mol. The molecule has 6 heteroatoms. The van der Waals surface area contributed by atoms with Crippen LogP contribution in [0, 0.1) is 17.1 Å². The van der Waals surface area contributed by atoms with Crippen LogP contribution >= 0.6 is 0 Å². The predicted molar refractivity (Wildman–Crippen MR) is 125 cm³/mol. The Morgan fingerprint density at radius 1 is 0.909 bits per heavy atom. The van der Waals surface area contributed by atoms with Gasteiger partial charge in [0.25, 0.3) is 11.8 Å². The van der Waals surface area contributed by atoms with Gasteiger partial charge in [-0.3, -0.25) is 9.59 Å². The summed E-state index contributed by atoms with van der Waals surface area (Å²) >= 11 is 0. The van der Waals surface area contributed by atoms with Gasteiger partial charge in [0.15, 0.2) is 0 Å². The van der Waals surface area contributed by atoms with E-state index in [1.54, 1.807) is 65.6 Å². The Labute approximate surface area is 193 Å². The van der Waals surface area contributed by atoms with Gasteiger partial charge in [-0.1, -0.05) is 24.3 Å². The van der Waals surface area contributed by atoms with Crippen molar-refractivity contribution in [2.24, 2.45) is 0 Å². The summed E-state index contributed by atoms with van der Waals surface area (Å²) in [5.74, 6) is -0.824. The Morgan fingerprint density at radius 2 is 1.52 bits per heavy atom. The third-order valence-corrected chi connectivity index (χ3v) is 4.89. The summed E-state index contributed by atoms with van der Waals surface area (Å²) < 4.78 is 13.7. The number of carbonyl (C=O) groups is 2. The highest BCUT2D eigenvalue weighted by atomic mass is 19.1. The van der Waals surface area contributed by atoms with E-state index in [0.717, 1.165) is 5.56 Å². The number of carbonyl (C=O) groups excluding carboxylic acids is 2. The molecule has 0 unspecified atom stereocenters. The number of halogens is 1. The standard InChI is InChI=1S/C27H26FN3O2/c1-27(2,3)30-25(32)22-11-13-23(14-12-22)26(33)31(18-21-5-4-6-24(28)15-21)17-20-9-7-19(16-29)8-10-20/h4-15H,17-18H2,1-3H3,(H,30,32). The van der Waals surface area contributed by atoms with E-state index in [1.807, 2.05) is 20.8 Å². The minimum absolute atomic E-state index is 0.211. The van der Waals surface area contributed by atoms with Crippen molar-refractivity contribution < 1.29 is 14.0 Å². The van der Waals surface area contributed by atoms with Gasteiger partial charge < -0.3 is 10.2 Å². The first kappa shape index (κ1) is 23.7. The van der Waals surface area contributed by atoms with Gasteiger partial charge >= 0.3 is 0 Å². The molecule has 168 valence electrons. The van der Waals surface area contributed by atoms with Crippen molar-refractivity contribution in [2.45, 2.75) is 39.4 Å². The minimum atomic E-state index is -0.368. The SMILES string of the molecule is CC(C)(C)NC(=O)c1ccc(C(=O)N(Cc2ccc(C#N)cc2)Cc2cccc(F)c2)cc1. The van der Waals surface area contributed by atoms with Crippen LogP contribution in [-0.2, 0) is 13.1 Å². The smallest absolute Gasteiger partial charge is 0.254 e. The van der Waals surface area contributed by atoms with E-state index < -0.39 is 0 Å². The number of benzene rings is 3. The van der Waals surface area contributed by atoms with Crippen LogP contribution in [0.2, 0.25) is 0 Å². The highest BCUT2D eigenvalue weighted by molar-refractivity contribution is 5.98. The van der Waals surface area contributed by atoms with Crippen LogP contribution < -0.4 is 5.32 Å². The number of amides is 2. The van der Waals surface area contributed by atoms with Crippen molar-refractivity contribution >= 4 is 11.8 Å². The molecule has 33 heavy (non-hydrogen) atoms. The van der Waals surface area contributed by atoms with Crippen LogP contribution in [0.5, 0.6) is 0 Å². The fraction of sp³-hybridized carbons (Fsp3) is 0.222. The Kier molecular flexibility index (Phi) is 7.24. The quantitative estimate of drug-likeness (QED) is 0.578. The van der Waals surface area contributed by atoms with Crippen LogP contribution in [0.1, 0.15) is 58.2 Å². The van der Waals surface area contributed by atoms with E-state index in [1.165, 1.54) is 12.1 Å². The maximum Gasteiger partial charge on any atom is 0.254 e. The van der Waals surface area contributed by atoms with E-state index in [-0.39, 0.29) is 36.3 Å². The van der Waals surface area contributed by atoms with E-state index in [9.17, 15) is 14.0 Å². The lowest BCUT2D eigenvalue weighted by Gasteiger charge is -2.24. The van der Waals surface area contributed by atoms with Crippen molar-refractivity contribution in [2.75, 3.05) is 0 Å². The topological polar surface area (TPSA) is 73.2 Å². The molecule has 5 nitrogen and oxygen atoms in total. The van der Waals surface area contributed by atoms with E-state index in [4.69, 9.17) is 5.26 Å². The maximum atomic E-state index is 13.7. The largest absolute Gasteiger partial charge is 0.347 e. The molecule has 0 radical (unpaired) electrons. The van der Waals surface area contributed by atoms with Crippen LogP contribution in [0.3, 0.4) is 0 Å². The number of rotatable bonds is 6. The van der Waals surface area contributed by atoms with Crippen LogP contribution in [0.4, 0.5) is 4.39 Å². The number of hydrogen-bond donors (Lipinski definition) is 1. The molecule has 3 aromatic carbocycles. The average molecular weight is 444 g/mol. The summed E-state index contributed by atoms with van der Waals surface area (Å²) in [6, 6.07) is 21.7. The molecule has 1 N–H and O–H groups in total. The summed E-state index contributed by atoms with van der Waals surface area (Å²) in [5, 5.41) is 11.9. The van der Waals surface area contributed by atoms with Gasteiger partial charge in [-0.05, 0) is 80.4 Å². The Hall–Kier alpha value is -3.98. The normalized spacial score (nSPS) is 10.9. The lowest BCUT2D eigenvalue weighted by atomic mass is 10.1. The third-order valence-electron chi connectivity index (χ3n) is 4.89. The molecule has 0 atom stereocenters. The highest BCUT2D eigenvalue weighted by Gasteiger charge is 2.19. The number of hydrogen-bond acceptors (Lipinski definition) is 3. The molecule has 0 aliphatic carbocycles. The van der Waals surface area contributed by atoms with E-state index in [0.29, 0.717) is 22.3 Å². The van der Waals surface area contributed by atoms with E-state index >= 15 is 0 Å². The van der Waals surface area contributed by atoms with Gasteiger partial charge in [0.2, 0.25) is 0 Å². The molecular formula is C27H26FN3O2. The summed E-state index contributed by atoms with van der Waals surface area (Å²) in [7, 11) is 0. The zero-order valence-electron chi connectivity index (χ0n) is 18.9. The van der Waals surface area contributed by atoms with Gasteiger partial charge in [0.1, 0.15) is 5.82 Å². The summed E-state index contributed by atoms with van der Waals surface area (Å²) in [5.41, 5.74) is 2.57. The van der Waals surface area contributed by atoms with Gasteiger partial charge in [-0.2, -0.15) is 5.26 Å². The van der Waals surface area contributed by atoms with Crippen molar-refractivity contribution in [1.29, 1.82) is 5.26 Å². The lowest BCUT2D eigenvalue weighted by molar-refractivity contribution is 0.0729. The molecule has 0 spiro atoms. The second-order valence-corrected chi connectivity index (χ2v) is 8.88. The summed E-state index contributed by atoms with van der Waals surface area (Å²) in [6.07, 6.45) is 0. The zero-order valence-corrected chi connectivity index (χ0v) is 18.9. The van der Waals surface area contributed by atoms with Crippen LogP contribution in [0.15, 0.2) is 72.8 Å². The highest BCUT2D eigenvalue weighted by Crippen LogP contribution is 2.17. The minimum Gasteiger partial charge on any atom is -0.347 e. The zero-order chi connectivity index (χ0) is 24.0.